The minimum Gasteiger partial charge on any atom is -0.493 e. The van der Waals surface area contributed by atoms with Crippen molar-refractivity contribution in [3.63, 3.8) is 0 Å². The molecule has 178 valence electrons. The van der Waals surface area contributed by atoms with Crippen LogP contribution in [0.4, 0.5) is 0 Å². The Morgan fingerprint density at radius 2 is 1.94 bits per heavy atom. The first-order valence-corrected chi connectivity index (χ1v) is 11.7. The van der Waals surface area contributed by atoms with Crippen LogP contribution >= 0.6 is 23.2 Å². The Balaban J connectivity index is 1.72. The number of rotatable bonds is 11. The molecule has 1 amide bonds. The highest BCUT2D eigenvalue weighted by atomic mass is 35.5. The van der Waals surface area contributed by atoms with Gasteiger partial charge in [0.15, 0.2) is 11.5 Å². The zero-order valence-electron chi connectivity index (χ0n) is 18.8. The molecule has 0 fully saturated rings. The molecule has 0 bridgehead atoms. The number of ether oxygens (including phenoxy) is 4. The van der Waals surface area contributed by atoms with Gasteiger partial charge in [0.25, 0.3) is 5.91 Å². The second kappa shape index (κ2) is 12.7. The Morgan fingerprint density at radius 3 is 2.67 bits per heavy atom. The number of halogens is 2. The standard InChI is InChI=1S/C24H28Cl2N2O5/c1-3-32-23-15-17(6-9-22(23)30-2)21-5-4-11-28(27-21)24(29)19-8-7-18(16-20(19)26)33-14-13-31-12-10-25/h6-9,15-16H,3-5,10-14H2,1-2H3. The van der Waals surface area contributed by atoms with Crippen LogP contribution in [0.1, 0.15) is 35.7 Å². The van der Waals surface area contributed by atoms with Crippen molar-refractivity contribution in [2.75, 3.05) is 46.0 Å². The van der Waals surface area contributed by atoms with Crippen LogP contribution in [-0.4, -0.2) is 62.6 Å². The van der Waals surface area contributed by atoms with E-state index in [1.807, 2.05) is 25.1 Å². The molecule has 0 saturated carbocycles. The van der Waals surface area contributed by atoms with E-state index in [4.69, 9.17) is 42.1 Å². The molecule has 9 heteroatoms. The van der Waals surface area contributed by atoms with Gasteiger partial charge in [0, 0.05) is 18.0 Å². The van der Waals surface area contributed by atoms with Gasteiger partial charge >= 0.3 is 0 Å². The van der Waals surface area contributed by atoms with Gasteiger partial charge < -0.3 is 18.9 Å². The molecule has 0 aromatic heterocycles. The zero-order chi connectivity index (χ0) is 23.6. The van der Waals surface area contributed by atoms with Gasteiger partial charge in [0.05, 0.1) is 43.2 Å². The molecule has 1 aliphatic heterocycles. The Labute approximate surface area is 204 Å². The lowest BCUT2D eigenvalue weighted by atomic mass is 10.0. The largest absolute Gasteiger partial charge is 0.493 e. The van der Waals surface area contributed by atoms with Crippen molar-refractivity contribution in [2.24, 2.45) is 5.10 Å². The number of methoxy groups -OCH3 is 1. The number of hydrogen-bond donors (Lipinski definition) is 0. The SMILES string of the molecule is CCOc1cc(C2=NN(C(=O)c3ccc(OCCOCCCl)cc3Cl)CCC2)ccc1OC. The van der Waals surface area contributed by atoms with Crippen LogP contribution in [-0.2, 0) is 4.74 Å². The predicted octanol–water partition coefficient (Wildman–Crippen LogP) is 5.02. The minimum absolute atomic E-state index is 0.257. The first-order valence-electron chi connectivity index (χ1n) is 10.8. The minimum atomic E-state index is -0.257. The number of benzene rings is 2. The molecular formula is C24H28Cl2N2O5. The van der Waals surface area contributed by atoms with Crippen molar-refractivity contribution < 1.29 is 23.7 Å². The van der Waals surface area contributed by atoms with E-state index in [1.54, 1.807) is 25.3 Å². The van der Waals surface area contributed by atoms with Crippen molar-refractivity contribution in [3.05, 3.63) is 52.5 Å². The summed E-state index contributed by atoms with van der Waals surface area (Å²) in [6.07, 6.45) is 1.55. The van der Waals surface area contributed by atoms with Gasteiger partial charge in [-0.2, -0.15) is 5.10 Å². The maximum Gasteiger partial charge on any atom is 0.275 e. The second-order valence-corrected chi connectivity index (χ2v) is 7.95. The Bertz CT molecular complexity index is 983. The number of alkyl halides is 1. The molecule has 3 rings (SSSR count). The summed E-state index contributed by atoms with van der Waals surface area (Å²) < 4.78 is 21.9. The van der Waals surface area contributed by atoms with Crippen molar-refractivity contribution in [2.45, 2.75) is 19.8 Å². The number of carbonyl (C=O) groups is 1. The lowest BCUT2D eigenvalue weighted by Crippen LogP contribution is -2.32. The highest BCUT2D eigenvalue weighted by Crippen LogP contribution is 2.30. The van der Waals surface area contributed by atoms with Gasteiger partial charge in [0.2, 0.25) is 0 Å². The van der Waals surface area contributed by atoms with Gasteiger partial charge in [0.1, 0.15) is 12.4 Å². The van der Waals surface area contributed by atoms with Gasteiger partial charge in [-0.25, -0.2) is 5.01 Å². The van der Waals surface area contributed by atoms with Crippen LogP contribution in [0.2, 0.25) is 5.02 Å². The summed E-state index contributed by atoms with van der Waals surface area (Å²) in [5.41, 5.74) is 2.08. The quantitative estimate of drug-likeness (QED) is 0.324. The van der Waals surface area contributed by atoms with Gasteiger partial charge in [-0.3, -0.25) is 4.79 Å². The average molecular weight is 495 g/mol. The van der Waals surface area contributed by atoms with E-state index in [-0.39, 0.29) is 5.91 Å². The summed E-state index contributed by atoms with van der Waals surface area (Å²) >= 11 is 12.0. The lowest BCUT2D eigenvalue weighted by molar-refractivity contribution is 0.0751. The molecule has 0 aliphatic carbocycles. The van der Waals surface area contributed by atoms with Gasteiger partial charge in [-0.15, -0.1) is 11.6 Å². The molecule has 1 heterocycles. The van der Waals surface area contributed by atoms with Crippen LogP contribution < -0.4 is 14.2 Å². The molecule has 33 heavy (non-hydrogen) atoms. The molecule has 0 radical (unpaired) electrons. The molecule has 0 saturated heterocycles. The molecule has 2 aromatic carbocycles. The van der Waals surface area contributed by atoms with Gasteiger partial charge in [-0.05, 0) is 56.2 Å². The third-order valence-electron chi connectivity index (χ3n) is 4.94. The predicted molar refractivity (Wildman–Crippen MR) is 129 cm³/mol. The van der Waals surface area contributed by atoms with Crippen molar-refractivity contribution in [1.29, 1.82) is 0 Å². The van der Waals surface area contributed by atoms with Gasteiger partial charge in [-0.1, -0.05) is 11.6 Å². The van der Waals surface area contributed by atoms with E-state index in [0.717, 1.165) is 24.1 Å². The summed E-state index contributed by atoms with van der Waals surface area (Å²) in [5.74, 6) is 2.05. The third-order valence-corrected chi connectivity index (χ3v) is 5.41. The third kappa shape index (κ3) is 6.76. The smallest absolute Gasteiger partial charge is 0.275 e. The average Bonchev–Trinajstić information content (AvgIpc) is 2.84. The fraction of sp³-hybridized carbons (Fsp3) is 0.417. The Kier molecular flexibility index (Phi) is 9.66. The molecular weight excluding hydrogens is 467 g/mol. The molecule has 7 nitrogen and oxygen atoms in total. The van der Waals surface area contributed by atoms with Crippen LogP contribution in [0.25, 0.3) is 0 Å². The Morgan fingerprint density at radius 1 is 1.09 bits per heavy atom. The summed E-state index contributed by atoms with van der Waals surface area (Å²) in [6.45, 7) is 4.22. The summed E-state index contributed by atoms with van der Waals surface area (Å²) in [4.78, 5) is 13.1. The van der Waals surface area contributed by atoms with E-state index in [2.05, 4.69) is 5.10 Å². The normalized spacial score (nSPS) is 13.5. The zero-order valence-corrected chi connectivity index (χ0v) is 20.3. The maximum atomic E-state index is 13.1. The summed E-state index contributed by atoms with van der Waals surface area (Å²) in [6, 6.07) is 10.7. The van der Waals surface area contributed by atoms with Crippen LogP contribution in [0.15, 0.2) is 41.5 Å². The summed E-state index contributed by atoms with van der Waals surface area (Å²) in [7, 11) is 1.60. The molecule has 2 aromatic rings. The highest BCUT2D eigenvalue weighted by molar-refractivity contribution is 6.34. The van der Waals surface area contributed by atoms with E-state index >= 15 is 0 Å². The van der Waals surface area contributed by atoms with Crippen LogP contribution in [0.3, 0.4) is 0 Å². The van der Waals surface area contributed by atoms with E-state index in [9.17, 15) is 4.79 Å². The number of hydrogen-bond acceptors (Lipinski definition) is 6. The fourth-order valence-corrected chi connectivity index (χ4v) is 3.75. The van der Waals surface area contributed by atoms with Crippen molar-refractivity contribution >= 4 is 34.8 Å². The summed E-state index contributed by atoms with van der Waals surface area (Å²) in [5, 5.41) is 6.39. The number of amides is 1. The fourth-order valence-electron chi connectivity index (χ4n) is 3.39. The molecule has 0 atom stereocenters. The van der Waals surface area contributed by atoms with Crippen molar-refractivity contribution in [3.8, 4) is 17.2 Å². The number of hydrazone groups is 1. The highest BCUT2D eigenvalue weighted by Gasteiger charge is 2.23. The number of nitrogens with zero attached hydrogens (tertiary/aromatic N) is 2. The molecule has 0 N–H and O–H groups in total. The maximum absolute atomic E-state index is 13.1. The molecule has 0 unspecified atom stereocenters. The van der Waals surface area contributed by atoms with Crippen molar-refractivity contribution in [1.82, 2.24) is 5.01 Å². The topological polar surface area (TPSA) is 69.6 Å². The number of carbonyl (C=O) groups excluding carboxylic acids is 1. The first kappa shape index (κ1) is 25.1. The van der Waals surface area contributed by atoms with E-state index < -0.39 is 0 Å². The lowest BCUT2D eigenvalue weighted by Gasteiger charge is -2.24. The van der Waals surface area contributed by atoms with Crippen LogP contribution in [0.5, 0.6) is 17.2 Å². The molecule has 1 aliphatic rings. The monoisotopic (exact) mass is 494 g/mol. The Hall–Kier alpha value is -2.48. The second-order valence-electron chi connectivity index (χ2n) is 7.17. The van der Waals surface area contributed by atoms with E-state index in [0.29, 0.717) is 66.7 Å². The van der Waals surface area contributed by atoms with Crippen LogP contribution in [0, 0.1) is 0 Å². The first-order chi connectivity index (χ1) is 16.1. The molecule has 0 spiro atoms. The van der Waals surface area contributed by atoms with E-state index in [1.165, 1.54) is 5.01 Å².